The van der Waals surface area contributed by atoms with E-state index in [1.54, 1.807) is 6.07 Å². The molecule has 0 saturated heterocycles. The number of nitrogens with zero attached hydrogens (tertiary/aromatic N) is 6. The highest BCUT2D eigenvalue weighted by atomic mass is 16.5. The van der Waals surface area contributed by atoms with E-state index in [0.29, 0.717) is 24.6 Å². The first-order chi connectivity index (χ1) is 11.2. The van der Waals surface area contributed by atoms with Crippen LogP contribution in [0.25, 0.3) is 5.65 Å². The molecule has 8 heteroatoms. The van der Waals surface area contributed by atoms with Gasteiger partial charge < -0.3 is 14.7 Å². The number of tetrazole rings is 1. The highest BCUT2D eigenvalue weighted by molar-refractivity contribution is 5.43. The molecule has 0 radical (unpaired) electrons. The van der Waals surface area contributed by atoms with Crippen LogP contribution in [0.15, 0.2) is 42.5 Å². The molecule has 0 fully saturated rings. The van der Waals surface area contributed by atoms with Gasteiger partial charge in [0, 0.05) is 13.6 Å². The number of fused-ring (bicyclic) bond motifs is 1. The second-order valence-electron chi connectivity index (χ2n) is 5.25. The van der Waals surface area contributed by atoms with Crippen molar-refractivity contribution >= 4 is 11.5 Å². The van der Waals surface area contributed by atoms with Crippen molar-refractivity contribution in [1.29, 1.82) is 0 Å². The number of aromatic nitrogens is 5. The lowest BCUT2D eigenvalue weighted by Gasteiger charge is -2.21. The number of aliphatic hydroxyl groups excluding tert-OH is 1. The summed E-state index contributed by atoms with van der Waals surface area (Å²) < 4.78 is 6.89. The SMILES string of the molecule is CN(C[C@H](O)COCc1ccccc1)c1ccc2nnnn2n1. The Morgan fingerprint density at radius 3 is 2.87 bits per heavy atom. The molecular weight excluding hydrogens is 296 g/mol. The van der Waals surface area contributed by atoms with Crippen LogP contribution in [0.5, 0.6) is 0 Å². The summed E-state index contributed by atoms with van der Waals surface area (Å²) >= 11 is 0. The maximum Gasteiger partial charge on any atom is 0.200 e. The standard InChI is InChI=1S/C15H18N6O2/c1-20(15-8-7-14-16-18-19-21(14)17-15)9-13(22)11-23-10-12-5-3-2-4-6-12/h2-8,13,22H,9-11H2,1H3/t13-/m0/s1. The lowest BCUT2D eigenvalue weighted by molar-refractivity contribution is 0.0324. The quantitative estimate of drug-likeness (QED) is 0.680. The van der Waals surface area contributed by atoms with Crippen LogP contribution in [0.4, 0.5) is 5.82 Å². The van der Waals surface area contributed by atoms with Gasteiger partial charge in [0.1, 0.15) is 0 Å². The maximum atomic E-state index is 10.1. The van der Waals surface area contributed by atoms with Gasteiger partial charge in [0.15, 0.2) is 11.5 Å². The molecule has 0 aliphatic rings. The topological polar surface area (TPSA) is 88.7 Å². The lowest BCUT2D eigenvalue weighted by Crippen LogP contribution is -2.32. The molecule has 1 atom stereocenters. The van der Waals surface area contributed by atoms with Crippen molar-refractivity contribution in [2.24, 2.45) is 0 Å². The van der Waals surface area contributed by atoms with Gasteiger partial charge in [-0.15, -0.1) is 14.8 Å². The maximum absolute atomic E-state index is 10.1. The molecule has 120 valence electrons. The normalized spacial score (nSPS) is 12.4. The lowest BCUT2D eigenvalue weighted by atomic mass is 10.2. The zero-order valence-electron chi connectivity index (χ0n) is 12.8. The molecule has 0 aliphatic carbocycles. The average molecular weight is 314 g/mol. The van der Waals surface area contributed by atoms with Crippen LogP contribution in [0.1, 0.15) is 5.56 Å². The van der Waals surface area contributed by atoms with Crippen molar-refractivity contribution < 1.29 is 9.84 Å². The van der Waals surface area contributed by atoms with Crippen LogP contribution in [-0.4, -0.2) is 56.7 Å². The van der Waals surface area contributed by atoms with Crippen LogP contribution in [0.2, 0.25) is 0 Å². The molecule has 0 unspecified atom stereocenters. The number of ether oxygens (including phenoxy) is 1. The molecule has 0 amide bonds. The third-order valence-corrected chi connectivity index (χ3v) is 3.35. The second kappa shape index (κ2) is 7.12. The third kappa shape index (κ3) is 3.99. The molecule has 3 aromatic rings. The van der Waals surface area contributed by atoms with Crippen LogP contribution < -0.4 is 4.90 Å². The molecule has 0 saturated carbocycles. The van der Waals surface area contributed by atoms with E-state index < -0.39 is 6.10 Å². The molecule has 1 aromatic carbocycles. The summed E-state index contributed by atoms with van der Waals surface area (Å²) in [6, 6.07) is 13.4. The van der Waals surface area contributed by atoms with Gasteiger partial charge in [0.05, 0.1) is 19.3 Å². The van der Waals surface area contributed by atoms with E-state index >= 15 is 0 Å². The summed E-state index contributed by atoms with van der Waals surface area (Å²) in [5.74, 6) is 0.673. The van der Waals surface area contributed by atoms with Gasteiger partial charge in [-0.1, -0.05) is 30.3 Å². The molecule has 2 aromatic heterocycles. The molecule has 23 heavy (non-hydrogen) atoms. The Balaban J connectivity index is 1.49. The minimum Gasteiger partial charge on any atom is -0.389 e. The van der Waals surface area contributed by atoms with Crippen LogP contribution in [-0.2, 0) is 11.3 Å². The minimum absolute atomic E-state index is 0.256. The number of rotatable bonds is 7. The fourth-order valence-electron chi connectivity index (χ4n) is 2.19. The van der Waals surface area contributed by atoms with E-state index in [1.807, 2.05) is 48.3 Å². The Labute approximate surface area is 133 Å². The number of benzene rings is 1. The highest BCUT2D eigenvalue weighted by Gasteiger charge is 2.11. The Morgan fingerprint density at radius 2 is 2.04 bits per heavy atom. The number of anilines is 1. The smallest absolute Gasteiger partial charge is 0.200 e. The van der Waals surface area contributed by atoms with Crippen molar-refractivity contribution in [3.63, 3.8) is 0 Å². The minimum atomic E-state index is -0.616. The van der Waals surface area contributed by atoms with Crippen LogP contribution in [0.3, 0.4) is 0 Å². The zero-order valence-corrected chi connectivity index (χ0v) is 12.8. The summed E-state index contributed by atoms with van der Waals surface area (Å²) in [6.07, 6.45) is -0.616. The predicted octanol–water partition coefficient (Wildman–Crippen LogP) is 0.533. The van der Waals surface area contributed by atoms with E-state index in [9.17, 15) is 5.11 Å². The van der Waals surface area contributed by atoms with Gasteiger partial charge in [0.25, 0.3) is 0 Å². The van der Waals surface area contributed by atoms with Gasteiger partial charge in [-0.3, -0.25) is 0 Å². The Hall–Kier alpha value is -2.58. The van der Waals surface area contributed by atoms with Crippen LogP contribution >= 0.6 is 0 Å². The Bertz CT molecular complexity index is 748. The van der Waals surface area contributed by atoms with E-state index in [0.717, 1.165) is 5.56 Å². The summed E-state index contributed by atoms with van der Waals surface area (Å²) in [6.45, 7) is 1.14. The van der Waals surface area contributed by atoms with Gasteiger partial charge in [-0.05, 0) is 28.1 Å². The Morgan fingerprint density at radius 1 is 1.22 bits per heavy atom. The van der Waals surface area contributed by atoms with E-state index in [2.05, 4.69) is 20.6 Å². The fraction of sp³-hybridized carbons (Fsp3) is 0.333. The molecular formula is C15H18N6O2. The molecule has 8 nitrogen and oxygen atoms in total. The number of aliphatic hydroxyl groups is 1. The first kappa shape index (κ1) is 15.3. The van der Waals surface area contributed by atoms with Crippen molar-refractivity contribution in [2.45, 2.75) is 12.7 Å². The van der Waals surface area contributed by atoms with E-state index in [-0.39, 0.29) is 6.61 Å². The molecule has 1 N–H and O–H groups in total. The van der Waals surface area contributed by atoms with Gasteiger partial charge in [-0.25, -0.2) is 0 Å². The summed E-state index contributed by atoms with van der Waals surface area (Å²) in [5, 5.41) is 25.5. The number of likely N-dealkylation sites (N-methyl/N-ethyl adjacent to an activating group) is 1. The van der Waals surface area contributed by atoms with Crippen molar-refractivity contribution in [1.82, 2.24) is 25.3 Å². The number of hydrogen-bond acceptors (Lipinski definition) is 7. The second-order valence-corrected chi connectivity index (χ2v) is 5.25. The zero-order chi connectivity index (χ0) is 16.1. The molecule has 2 heterocycles. The molecule has 0 aliphatic heterocycles. The van der Waals surface area contributed by atoms with Gasteiger partial charge in [-0.2, -0.15) is 0 Å². The first-order valence-corrected chi connectivity index (χ1v) is 7.28. The highest BCUT2D eigenvalue weighted by Crippen LogP contribution is 2.09. The van der Waals surface area contributed by atoms with Crippen molar-refractivity contribution in [3.8, 4) is 0 Å². The number of hydrogen-bond donors (Lipinski definition) is 1. The molecule has 0 bridgehead atoms. The first-order valence-electron chi connectivity index (χ1n) is 7.28. The van der Waals surface area contributed by atoms with Gasteiger partial charge in [0.2, 0.25) is 0 Å². The fourth-order valence-corrected chi connectivity index (χ4v) is 2.19. The Kier molecular flexibility index (Phi) is 4.74. The summed E-state index contributed by atoms with van der Waals surface area (Å²) in [4.78, 5) is 1.83. The van der Waals surface area contributed by atoms with Gasteiger partial charge >= 0.3 is 0 Å². The van der Waals surface area contributed by atoms with Crippen molar-refractivity contribution in [3.05, 3.63) is 48.0 Å². The van der Waals surface area contributed by atoms with Crippen molar-refractivity contribution in [2.75, 3.05) is 25.1 Å². The molecule has 3 rings (SSSR count). The largest absolute Gasteiger partial charge is 0.389 e. The average Bonchev–Trinajstić information content (AvgIpc) is 3.03. The van der Waals surface area contributed by atoms with Crippen LogP contribution in [0, 0.1) is 0 Å². The molecule has 0 spiro atoms. The summed E-state index contributed by atoms with van der Waals surface area (Å²) in [5.41, 5.74) is 1.66. The third-order valence-electron chi connectivity index (χ3n) is 3.35. The summed E-state index contributed by atoms with van der Waals surface area (Å²) in [7, 11) is 1.85. The predicted molar refractivity (Wildman–Crippen MR) is 84.0 cm³/mol. The van der Waals surface area contributed by atoms with E-state index in [1.165, 1.54) is 4.63 Å². The van der Waals surface area contributed by atoms with E-state index in [4.69, 9.17) is 4.74 Å². The monoisotopic (exact) mass is 314 g/mol.